The molecular weight excluding hydrogens is 278 g/mol. The summed E-state index contributed by atoms with van der Waals surface area (Å²) in [5, 5.41) is 5.07. The molecular formula is C13H21N3O3S. The van der Waals surface area contributed by atoms with Crippen molar-refractivity contribution in [1.82, 2.24) is 4.98 Å². The highest BCUT2D eigenvalue weighted by atomic mass is 32.2. The summed E-state index contributed by atoms with van der Waals surface area (Å²) in [6.07, 6.45) is 2.40. The average Bonchev–Trinajstić information content (AvgIpc) is 2.63. The Hall–Kier alpha value is -1.18. The molecule has 6 nitrogen and oxygen atoms in total. The summed E-state index contributed by atoms with van der Waals surface area (Å²) in [5.41, 5.74) is 0. The van der Waals surface area contributed by atoms with Crippen LogP contribution in [-0.2, 0) is 14.8 Å². The van der Waals surface area contributed by atoms with E-state index >= 15 is 0 Å². The van der Waals surface area contributed by atoms with Crippen molar-refractivity contribution in [3.8, 4) is 0 Å². The van der Waals surface area contributed by atoms with Gasteiger partial charge in [-0.2, -0.15) is 0 Å². The Balaban J connectivity index is 2.17. The van der Waals surface area contributed by atoms with Crippen molar-refractivity contribution in [2.45, 2.75) is 31.3 Å². The van der Waals surface area contributed by atoms with Gasteiger partial charge in [0.05, 0.1) is 6.10 Å². The molecule has 2 heterocycles. The van der Waals surface area contributed by atoms with E-state index in [0.29, 0.717) is 5.92 Å². The zero-order valence-electron chi connectivity index (χ0n) is 11.8. The third-order valence-corrected chi connectivity index (χ3v) is 4.32. The van der Waals surface area contributed by atoms with Gasteiger partial charge in [-0.15, -0.1) is 0 Å². The van der Waals surface area contributed by atoms with Crippen LogP contribution in [0.2, 0.25) is 0 Å². The standard InChI is InChI=1S/C13H21N3O3S/c1-10(2)12-9-16(6-3-7-19-12)13-5-4-11(8-15-13)20(14,17)18/h4-5,8,10,12H,3,6-7,9H2,1-2H3,(H2,14,17,18). The molecule has 1 fully saturated rings. The third-order valence-electron chi connectivity index (χ3n) is 3.42. The number of aromatic nitrogens is 1. The lowest BCUT2D eigenvalue weighted by Crippen LogP contribution is -2.35. The molecule has 2 N–H and O–H groups in total. The second-order valence-corrected chi connectivity index (χ2v) is 6.91. The van der Waals surface area contributed by atoms with E-state index in [-0.39, 0.29) is 11.0 Å². The molecule has 112 valence electrons. The lowest BCUT2D eigenvalue weighted by atomic mass is 10.1. The lowest BCUT2D eigenvalue weighted by Gasteiger charge is -2.26. The molecule has 1 unspecified atom stereocenters. The predicted molar refractivity (Wildman–Crippen MR) is 77.0 cm³/mol. The number of nitrogens with two attached hydrogens (primary N) is 1. The van der Waals surface area contributed by atoms with Crippen molar-refractivity contribution < 1.29 is 13.2 Å². The summed E-state index contributed by atoms with van der Waals surface area (Å²) in [4.78, 5) is 6.38. The van der Waals surface area contributed by atoms with Gasteiger partial charge in [0.25, 0.3) is 0 Å². The van der Waals surface area contributed by atoms with Crippen LogP contribution in [0.3, 0.4) is 0 Å². The minimum Gasteiger partial charge on any atom is -0.376 e. The van der Waals surface area contributed by atoms with E-state index in [0.717, 1.165) is 31.9 Å². The molecule has 0 radical (unpaired) electrons. The summed E-state index contributed by atoms with van der Waals surface area (Å²) in [7, 11) is -3.69. The highest BCUT2D eigenvalue weighted by Gasteiger charge is 2.22. The number of sulfonamides is 1. The number of nitrogens with zero attached hydrogens (tertiary/aromatic N) is 2. The number of primary sulfonamides is 1. The second-order valence-electron chi connectivity index (χ2n) is 5.35. The molecule has 1 aliphatic rings. The zero-order chi connectivity index (χ0) is 14.8. The Morgan fingerprint density at radius 2 is 2.20 bits per heavy atom. The average molecular weight is 299 g/mol. The van der Waals surface area contributed by atoms with Gasteiger partial charge in [0.15, 0.2) is 0 Å². The molecule has 1 aromatic rings. The first kappa shape index (κ1) is 15.2. The van der Waals surface area contributed by atoms with Crippen molar-refractivity contribution in [3.63, 3.8) is 0 Å². The zero-order valence-corrected chi connectivity index (χ0v) is 12.6. The number of anilines is 1. The number of ether oxygens (including phenoxy) is 1. The van der Waals surface area contributed by atoms with E-state index in [1.165, 1.54) is 12.3 Å². The van der Waals surface area contributed by atoms with Crippen molar-refractivity contribution in [2.75, 3.05) is 24.6 Å². The smallest absolute Gasteiger partial charge is 0.239 e. The summed E-state index contributed by atoms with van der Waals surface area (Å²) in [6, 6.07) is 3.19. The van der Waals surface area contributed by atoms with Crippen molar-refractivity contribution in [3.05, 3.63) is 18.3 Å². The fraction of sp³-hybridized carbons (Fsp3) is 0.615. The van der Waals surface area contributed by atoms with E-state index in [1.54, 1.807) is 6.07 Å². The number of pyridine rings is 1. The van der Waals surface area contributed by atoms with E-state index in [2.05, 4.69) is 23.7 Å². The summed E-state index contributed by atoms with van der Waals surface area (Å²) < 4.78 is 28.3. The van der Waals surface area contributed by atoms with Crippen LogP contribution in [-0.4, -0.2) is 39.2 Å². The fourth-order valence-electron chi connectivity index (χ4n) is 2.19. The minimum atomic E-state index is -3.69. The van der Waals surface area contributed by atoms with Crippen LogP contribution in [0, 0.1) is 5.92 Å². The maximum absolute atomic E-state index is 11.2. The van der Waals surface area contributed by atoms with Crippen LogP contribution < -0.4 is 10.0 Å². The molecule has 1 atom stereocenters. The normalized spacial score (nSPS) is 21.0. The van der Waals surface area contributed by atoms with E-state index < -0.39 is 10.0 Å². The van der Waals surface area contributed by atoms with Gasteiger partial charge < -0.3 is 9.64 Å². The molecule has 0 saturated carbocycles. The molecule has 7 heteroatoms. The van der Waals surface area contributed by atoms with Gasteiger partial charge in [-0.25, -0.2) is 18.5 Å². The van der Waals surface area contributed by atoms with Crippen LogP contribution in [0.1, 0.15) is 20.3 Å². The monoisotopic (exact) mass is 299 g/mol. The van der Waals surface area contributed by atoms with Crippen LogP contribution >= 0.6 is 0 Å². The first-order valence-corrected chi connectivity index (χ1v) is 8.28. The van der Waals surface area contributed by atoms with Crippen molar-refractivity contribution in [1.29, 1.82) is 0 Å². The Labute approximate surface area is 120 Å². The Morgan fingerprint density at radius 3 is 2.75 bits per heavy atom. The van der Waals surface area contributed by atoms with Crippen molar-refractivity contribution in [2.24, 2.45) is 11.1 Å². The van der Waals surface area contributed by atoms with Crippen LogP contribution in [0.4, 0.5) is 5.82 Å². The molecule has 0 aliphatic carbocycles. The van der Waals surface area contributed by atoms with E-state index in [4.69, 9.17) is 9.88 Å². The Kier molecular flexibility index (Phi) is 4.62. The Morgan fingerprint density at radius 1 is 1.45 bits per heavy atom. The van der Waals surface area contributed by atoms with Gasteiger partial charge in [0.2, 0.25) is 10.0 Å². The molecule has 1 aliphatic heterocycles. The maximum Gasteiger partial charge on any atom is 0.239 e. The van der Waals surface area contributed by atoms with Gasteiger partial charge in [-0.1, -0.05) is 13.8 Å². The largest absolute Gasteiger partial charge is 0.376 e. The lowest BCUT2D eigenvalue weighted by molar-refractivity contribution is 0.0375. The fourth-order valence-corrected chi connectivity index (χ4v) is 2.65. The van der Waals surface area contributed by atoms with E-state index in [9.17, 15) is 8.42 Å². The van der Waals surface area contributed by atoms with Gasteiger partial charge in [-0.3, -0.25) is 0 Å². The second kappa shape index (κ2) is 6.07. The number of rotatable bonds is 3. The molecule has 0 bridgehead atoms. The van der Waals surface area contributed by atoms with Crippen LogP contribution in [0.15, 0.2) is 23.2 Å². The number of hydrogen-bond acceptors (Lipinski definition) is 5. The summed E-state index contributed by atoms with van der Waals surface area (Å²) >= 11 is 0. The van der Waals surface area contributed by atoms with Gasteiger partial charge >= 0.3 is 0 Å². The quantitative estimate of drug-likeness (QED) is 0.899. The van der Waals surface area contributed by atoms with Gasteiger partial charge in [0, 0.05) is 25.9 Å². The molecule has 0 aromatic carbocycles. The van der Waals surface area contributed by atoms with Crippen LogP contribution in [0.5, 0.6) is 0 Å². The first-order chi connectivity index (χ1) is 9.38. The summed E-state index contributed by atoms with van der Waals surface area (Å²) in [6.45, 7) is 6.62. The van der Waals surface area contributed by atoms with Crippen LogP contribution in [0.25, 0.3) is 0 Å². The van der Waals surface area contributed by atoms with Gasteiger partial charge in [0.1, 0.15) is 10.7 Å². The van der Waals surface area contributed by atoms with Crippen molar-refractivity contribution >= 4 is 15.8 Å². The number of hydrogen-bond donors (Lipinski definition) is 1. The molecule has 0 spiro atoms. The predicted octanol–water partition coefficient (Wildman–Crippen LogP) is 0.980. The summed E-state index contributed by atoms with van der Waals surface area (Å²) in [5.74, 6) is 1.19. The Bertz CT molecular complexity index is 542. The van der Waals surface area contributed by atoms with E-state index in [1.807, 2.05) is 0 Å². The molecule has 1 saturated heterocycles. The molecule has 0 amide bonds. The first-order valence-electron chi connectivity index (χ1n) is 6.73. The maximum atomic E-state index is 11.2. The minimum absolute atomic E-state index is 0.0349. The molecule has 1 aromatic heterocycles. The highest BCUT2D eigenvalue weighted by molar-refractivity contribution is 7.89. The third kappa shape index (κ3) is 3.68. The van der Waals surface area contributed by atoms with Gasteiger partial charge in [-0.05, 0) is 24.5 Å². The SMILES string of the molecule is CC(C)C1CN(c2ccc(S(N)(=O)=O)cn2)CCCO1. The molecule has 2 rings (SSSR count). The highest BCUT2D eigenvalue weighted by Crippen LogP contribution is 2.19. The topological polar surface area (TPSA) is 85.5 Å². The molecule has 20 heavy (non-hydrogen) atoms.